The summed E-state index contributed by atoms with van der Waals surface area (Å²) >= 11 is 0. The first kappa shape index (κ1) is 16.0. The number of hydrogen-bond donors (Lipinski definition) is 2. The quantitative estimate of drug-likeness (QED) is 0.814. The zero-order valence-electron chi connectivity index (χ0n) is 13.3. The first-order valence-electron chi connectivity index (χ1n) is 8.11. The molecule has 5 nitrogen and oxygen atoms in total. The minimum atomic E-state index is -0.356. The highest BCUT2D eigenvalue weighted by molar-refractivity contribution is 5.82. The number of nitrogens with one attached hydrogen (secondary N) is 1. The van der Waals surface area contributed by atoms with E-state index in [1.165, 1.54) is 12.8 Å². The molecule has 3 N–H and O–H groups in total. The summed E-state index contributed by atoms with van der Waals surface area (Å²) in [7, 11) is 1.91. The molecule has 0 aliphatic heterocycles. The van der Waals surface area contributed by atoms with E-state index in [2.05, 4.69) is 17.3 Å². The molecule has 0 unspecified atom stereocenters. The summed E-state index contributed by atoms with van der Waals surface area (Å²) in [5.74, 6) is 0.123. The summed E-state index contributed by atoms with van der Waals surface area (Å²) in [6, 6.07) is 0. The van der Waals surface area contributed by atoms with Crippen LogP contribution in [0.5, 0.6) is 0 Å². The van der Waals surface area contributed by atoms with Gasteiger partial charge in [-0.2, -0.15) is 5.10 Å². The van der Waals surface area contributed by atoms with Gasteiger partial charge in [-0.1, -0.05) is 32.6 Å². The minimum absolute atomic E-state index is 0.123. The van der Waals surface area contributed by atoms with Gasteiger partial charge in [0.2, 0.25) is 5.91 Å². The van der Waals surface area contributed by atoms with Crippen LogP contribution in [-0.4, -0.2) is 22.2 Å². The molecular weight excluding hydrogens is 264 g/mol. The van der Waals surface area contributed by atoms with Crippen molar-refractivity contribution in [3.05, 3.63) is 17.5 Å². The number of rotatable bonds is 5. The Morgan fingerprint density at radius 2 is 2.05 bits per heavy atom. The fourth-order valence-electron chi connectivity index (χ4n) is 3.32. The average molecular weight is 292 g/mol. The molecule has 1 aliphatic rings. The van der Waals surface area contributed by atoms with Crippen LogP contribution in [0.1, 0.15) is 56.7 Å². The van der Waals surface area contributed by atoms with Gasteiger partial charge in [0.15, 0.2) is 0 Å². The van der Waals surface area contributed by atoms with E-state index in [1.54, 1.807) is 0 Å². The molecule has 0 spiro atoms. The number of carbonyl (C=O) groups excluding carboxylic acids is 1. The van der Waals surface area contributed by atoms with Gasteiger partial charge in [-0.3, -0.25) is 9.48 Å². The van der Waals surface area contributed by atoms with E-state index in [-0.39, 0.29) is 11.3 Å². The number of hydrogen-bond acceptors (Lipinski definition) is 3. The molecule has 0 atom stereocenters. The van der Waals surface area contributed by atoms with Crippen LogP contribution in [-0.2, 0) is 24.8 Å². The number of aromatic nitrogens is 2. The topological polar surface area (TPSA) is 72.9 Å². The molecule has 1 aromatic rings. The van der Waals surface area contributed by atoms with Crippen molar-refractivity contribution in [1.29, 1.82) is 0 Å². The Balaban J connectivity index is 2.02. The van der Waals surface area contributed by atoms with Crippen molar-refractivity contribution in [2.45, 2.75) is 58.4 Å². The monoisotopic (exact) mass is 292 g/mol. The summed E-state index contributed by atoms with van der Waals surface area (Å²) in [6.07, 6.45) is 9.37. The highest BCUT2D eigenvalue weighted by Crippen LogP contribution is 2.34. The maximum absolute atomic E-state index is 12.7. The van der Waals surface area contributed by atoms with Gasteiger partial charge in [0.25, 0.3) is 0 Å². The Hall–Kier alpha value is -1.36. The van der Waals surface area contributed by atoms with E-state index < -0.39 is 0 Å². The van der Waals surface area contributed by atoms with Gasteiger partial charge in [0.05, 0.1) is 11.1 Å². The molecule has 0 saturated heterocycles. The fourth-order valence-corrected chi connectivity index (χ4v) is 3.32. The normalized spacial score (nSPS) is 18.2. The van der Waals surface area contributed by atoms with Gasteiger partial charge in [-0.15, -0.1) is 0 Å². The van der Waals surface area contributed by atoms with Gasteiger partial charge in [-0.25, -0.2) is 0 Å². The molecule has 1 fully saturated rings. The lowest BCUT2D eigenvalue weighted by Gasteiger charge is -2.29. The maximum Gasteiger partial charge on any atom is 0.227 e. The van der Waals surface area contributed by atoms with E-state index >= 15 is 0 Å². The lowest BCUT2D eigenvalue weighted by Crippen LogP contribution is -2.45. The van der Waals surface area contributed by atoms with Crippen molar-refractivity contribution < 1.29 is 4.79 Å². The lowest BCUT2D eigenvalue weighted by molar-refractivity contribution is -0.131. The number of amides is 1. The van der Waals surface area contributed by atoms with Crippen molar-refractivity contribution in [3.63, 3.8) is 0 Å². The molecule has 1 amide bonds. The van der Waals surface area contributed by atoms with Crippen molar-refractivity contribution in [1.82, 2.24) is 15.1 Å². The average Bonchev–Trinajstić information content (AvgIpc) is 2.70. The van der Waals surface area contributed by atoms with Gasteiger partial charge >= 0.3 is 0 Å². The van der Waals surface area contributed by atoms with Crippen LogP contribution in [0.25, 0.3) is 0 Å². The van der Waals surface area contributed by atoms with Gasteiger partial charge < -0.3 is 11.1 Å². The number of nitrogens with two attached hydrogens (primary N) is 1. The molecule has 2 rings (SSSR count). The van der Waals surface area contributed by atoms with Gasteiger partial charge in [0, 0.05) is 31.9 Å². The van der Waals surface area contributed by atoms with Crippen molar-refractivity contribution in [2.75, 3.05) is 6.54 Å². The molecule has 1 aromatic heterocycles. The van der Waals surface area contributed by atoms with Crippen LogP contribution in [0.2, 0.25) is 0 Å². The SMILES string of the molecule is CCc1nn(C)cc1CNC(=O)C1(CN)CCCCCC1. The summed E-state index contributed by atoms with van der Waals surface area (Å²) in [5.41, 5.74) is 7.77. The Labute approximate surface area is 127 Å². The highest BCUT2D eigenvalue weighted by atomic mass is 16.2. The van der Waals surface area contributed by atoms with Crippen LogP contribution in [0.15, 0.2) is 6.20 Å². The largest absolute Gasteiger partial charge is 0.351 e. The summed E-state index contributed by atoms with van der Waals surface area (Å²) in [4.78, 5) is 12.7. The third kappa shape index (κ3) is 3.64. The molecule has 1 saturated carbocycles. The van der Waals surface area contributed by atoms with E-state index in [1.807, 2.05) is 17.9 Å². The van der Waals surface area contributed by atoms with Crippen LogP contribution in [0.3, 0.4) is 0 Å². The first-order valence-corrected chi connectivity index (χ1v) is 8.11. The number of aryl methyl sites for hydroxylation is 2. The zero-order valence-corrected chi connectivity index (χ0v) is 13.3. The number of nitrogens with zero attached hydrogens (tertiary/aromatic N) is 2. The van der Waals surface area contributed by atoms with Crippen LogP contribution in [0.4, 0.5) is 0 Å². The van der Waals surface area contributed by atoms with E-state index in [9.17, 15) is 4.79 Å². The van der Waals surface area contributed by atoms with Crippen LogP contribution in [0, 0.1) is 5.41 Å². The van der Waals surface area contributed by atoms with E-state index in [4.69, 9.17) is 5.73 Å². The Morgan fingerprint density at radius 1 is 1.38 bits per heavy atom. The molecule has 118 valence electrons. The van der Waals surface area contributed by atoms with Gasteiger partial charge in [0.1, 0.15) is 0 Å². The summed E-state index contributed by atoms with van der Waals surface area (Å²) in [5, 5.41) is 7.52. The van der Waals surface area contributed by atoms with E-state index in [0.717, 1.165) is 43.4 Å². The second-order valence-electron chi connectivity index (χ2n) is 6.21. The molecular formula is C16H28N4O. The Bertz CT molecular complexity index is 473. The number of carbonyl (C=O) groups is 1. The van der Waals surface area contributed by atoms with Crippen molar-refractivity contribution >= 4 is 5.91 Å². The Morgan fingerprint density at radius 3 is 2.62 bits per heavy atom. The van der Waals surface area contributed by atoms with Crippen molar-refractivity contribution in [2.24, 2.45) is 18.2 Å². The predicted octanol–water partition coefficient (Wildman–Crippen LogP) is 1.90. The fraction of sp³-hybridized carbons (Fsp3) is 0.750. The first-order chi connectivity index (χ1) is 10.1. The summed E-state index contributed by atoms with van der Waals surface area (Å²) in [6.45, 7) is 3.09. The Kier molecular flexibility index (Phi) is 5.39. The van der Waals surface area contributed by atoms with E-state index in [0.29, 0.717) is 13.1 Å². The molecule has 0 aromatic carbocycles. The molecule has 5 heteroatoms. The molecule has 0 radical (unpaired) electrons. The summed E-state index contributed by atoms with van der Waals surface area (Å²) < 4.78 is 1.81. The van der Waals surface area contributed by atoms with Gasteiger partial charge in [-0.05, 0) is 19.3 Å². The second-order valence-corrected chi connectivity index (χ2v) is 6.21. The molecule has 0 bridgehead atoms. The van der Waals surface area contributed by atoms with Crippen molar-refractivity contribution in [3.8, 4) is 0 Å². The molecule has 1 aliphatic carbocycles. The predicted molar refractivity (Wildman–Crippen MR) is 83.6 cm³/mol. The smallest absolute Gasteiger partial charge is 0.227 e. The standard InChI is InChI=1S/C16H28N4O/c1-3-14-13(11-20(2)19-14)10-18-15(21)16(12-17)8-6-4-5-7-9-16/h11H,3-10,12,17H2,1-2H3,(H,18,21). The second kappa shape index (κ2) is 7.07. The third-order valence-electron chi connectivity index (χ3n) is 4.70. The minimum Gasteiger partial charge on any atom is -0.351 e. The molecule has 21 heavy (non-hydrogen) atoms. The lowest BCUT2D eigenvalue weighted by atomic mass is 9.79. The highest BCUT2D eigenvalue weighted by Gasteiger charge is 2.37. The maximum atomic E-state index is 12.7. The zero-order chi connectivity index (χ0) is 15.3. The third-order valence-corrected chi connectivity index (χ3v) is 4.70. The van der Waals surface area contributed by atoms with Crippen LogP contribution >= 0.6 is 0 Å². The van der Waals surface area contributed by atoms with Crippen LogP contribution < -0.4 is 11.1 Å². The molecule has 1 heterocycles.